The van der Waals surface area contributed by atoms with Crippen LogP contribution in [-0.2, 0) is 9.53 Å². The van der Waals surface area contributed by atoms with Gasteiger partial charge in [0.2, 0.25) is 0 Å². The quantitative estimate of drug-likeness (QED) is 0.537. The third-order valence-corrected chi connectivity index (χ3v) is 1.79. The second kappa shape index (κ2) is 3.72. The number of hydrogen-bond acceptors (Lipinski definition) is 3. The van der Waals surface area contributed by atoms with Crippen molar-refractivity contribution in [1.82, 2.24) is 0 Å². The summed E-state index contributed by atoms with van der Waals surface area (Å²) in [5.74, 6) is -0.683. The summed E-state index contributed by atoms with van der Waals surface area (Å²) in [6.07, 6.45) is 0. The van der Waals surface area contributed by atoms with Crippen LogP contribution in [-0.4, -0.2) is 23.3 Å². The van der Waals surface area contributed by atoms with Gasteiger partial charge in [-0.1, -0.05) is 13.8 Å². The summed E-state index contributed by atoms with van der Waals surface area (Å²) in [6.45, 7) is 7.39. The molecule has 0 spiro atoms. The van der Waals surface area contributed by atoms with Gasteiger partial charge in [-0.05, 0) is 13.8 Å². The van der Waals surface area contributed by atoms with Gasteiger partial charge in [-0.3, -0.25) is 4.79 Å². The number of aliphatic hydroxyl groups is 1. The highest BCUT2D eigenvalue weighted by molar-refractivity contribution is 5.75. The van der Waals surface area contributed by atoms with Crippen LogP contribution in [0.1, 0.15) is 27.7 Å². The summed E-state index contributed by atoms with van der Waals surface area (Å²) in [4.78, 5) is 10.6. The lowest BCUT2D eigenvalue weighted by atomic mass is 9.95. The molecular weight excluding hydrogens is 144 g/mol. The SMILES string of the molecule is CC.CC1C(=O)OCC1(C)O. The molecule has 0 radical (unpaired) electrons. The van der Waals surface area contributed by atoms with E-state index in [-0.39, 0.29) is 18.5 Å². The van der Waals surface area contributed by atoms with Crippen molar-refractivity contribution in [2.45, 2.75) is 33.3 Å². The first-order valence-electron chi connectivity index (χ1n) is 3.93. The minimum absolute atomic E-state index is 0.132. The molecule has 1 aliphatic rings. The third-order valence-electron chi connectivity index (χ3n) is 1.79. The van der Waals surface area contributed by atoms with E-state index in [0.29, 0.717) is 0 Å². The first-order chi connectivity index (χ1) is 5.04. The minimum Gasteiger partial charge on any atom is -0.462 e. The second-order valence-corrected chi connectivity index (χ2v) is 2.69. The predicted molar refractivity (Wildman–Crippen MR) is 42.1 cm³/mol. The number of carbonyl (C=O) groups is 1. The number of rotatable bonds is 0. The molecule has 1 heterocycles. The first-order valence-corrected chi connectivity index (χ1v) is 3.93. The molecule has 0 saturated carbocycles. The number of hydrogen-bond donors (Lipinski definition) is 1. The molecule has 0 aromatic heterocycles. The van der Waals surface area contributed by atoms with E-state index in [0.717, 1.165) is 0 Å². The Morgan fingerprint density at radius 2 is 2.09 bits per heavy atom. The van der Waals surface area contributed by atoms with Gasteiger partial charge in [-0.15, -0.1) is 0 Å². The monoisotopic (exact) mass is 160 g/mol. The van der Waals surface area contributed by atoms with Crippen molar-refractivity contribution in [2.24, 2.45) is 5.92 Å². The predicted octanol–water partition coefficient (Wildman–Crippen LogP) is 0.956. The molecule has 0 bridgehead atoms. The Labute approximate surface area is 67.4 Å². The topological polar surface area (TPSA) is 46.5 Å². The van der Waals surface area contributed by atoms with Gasteiger partial charge in [-0.2, -0.15) is 0 Å². The maximum absolute atomic E-state index is 10.6. The summed E-state index contributed by atoms with van der Waals surface area (Å²) in [6, 6.07) is 0. The summed E-state index contributed by atoms with van der Waals surface area (Å²) >= 11 is 0. The molecule has 0 aromatic rings. The molecule has 2 atom stereocenters. The van der Waals surface area contributed by atoms with Gasteiger partial charge in [0.1, 0.15) is 12.2 Å². The van der Waals surface area contributed by atoms with E-state index in [2.05, 4.69) is 4.74 Å². The van der Waals surface area contributed by atoms with Gasteiger partial charge in [-0.25, -0.2) is 0 Å². The van der Waals surface area contributed by atoms with Crippen LogP contribution in [0.2, 0.25) is 0 Å². The zero-order chi connectivity index (χ0) is 9.07. The molecule has 1 saturated heterocycles. The second-order valence-electron chi connectivity index (χ2n) is 2.69. The van der Waals surface area contributed by atoms with Gasteiger partial charge in [0.15, 0.2) is 0 Å². The average molecular weight is 160 g/mol. The standard InChI is InChI=1S/C6H10O3.C2H6/c1-4-5(7)9-3-6(4,2)8;1-2/h4,8H,3H2,1-2H3;1-2H3. The molecule has 1 fully saturated rings. The number of esters is 1. The molecule has 1 N–H and O–H groups in total. The number of ether oxygens (including phenoxy) is 1. The van der Waals surface area contributed by atoms with E-state index in [1.165, 1.54) is 0 Å². The van der Waals surface area contributed by atoms with E-state index >= 15 is 0 Å². The van der Waals surface area contributed by atoms with Crippen molar-refractivity contribution in [3.8, 4) is 0 Å². The summed E-state index contributed by atoms with van der Waals surface area (Å²) in [7, 11) is 0. The highest BCUT2D eigenvalue weighted by Gasteiger charge is 2.42. The Balaban J connectivity index is 0.000000461. The van der Waals surface area contributed by atoms with Crippen LogP contribution >= 0.6 is 0 Å². The van der Waals surface area contributed by atoms with Crippen molar-refractivity contribution >= 4 is 5.97 Å². The van der Waals surface area contributed by atoms with Gasteiger partial charge < -0.3 is 9.84 Å². The number of cyclic esters (lactones) is 1. The maximum atomic E-state index is 10.6. The molecule has 3 nitrogen and oxygen atoms in total. The minimum atomic E-state index is -0.947. The zero-order valence-electron chi connectivity index (χ0n) is 7.55. The fourth-order valence-corrected chi connectivity index (χ4v) is 0.721. The highest BCUT2D eigenvalue weighted by atomic mass is 16.6. The average Bonchev–Trinajstić information content (AvgIpc) is 2.21. The van der Waals surface area contributed by atoms with E-state index in [9.17, 15) is 9.90 Å². The van der Waals surface area contributed by atoms with Crippen molar-refractivity contribution in [1.29, 1.82) is 0 Å². The normalized spacial score (nSPS) is 35.7. The highest BCUT2D eigenvalue weighted by Crippen LogP contribution is 2.24. The molecule has 1 rings (SSSR count). The molecule has 1 aliphatic heterocycles. The summed E-state index contributed by atoms with van der Waals surface area (Å²) in [5.41, 5.74) is -0.947. The van der Waals surface area contributed by atoms with E-state index in [1.807, 2.05) is 13.8 Å². The molecule has 2 unspecified atom stereocenters. The molecule has 0 amide bonds. The van der Waals surface area contributed by atoms with Crippen LogP contribution in [0.4, 0.5) is 0 Å². The zero-order valence-corrected chi connectivity index (χ0v) is 7.55. The van der Waals surface area contributed by atoms with Crippen molar-refractivity contribution in [3.05, 3.63) is 0 Å². The van der Waals surface area contributed by atoms with Crippen LogP contribution in [0, 0.1) is 5.92 Å². The van der Waals surface area contributed by atoms with Crippen molar-refractivity contribution < 1.29 is 14.6 Å². The van der Waals surface area contributed by atoms with Crippen LogP contribution in [0.15, 0.2) is 0 Å². The Bertz CT molecular complexity index is 140. The van der Waals surface area contributed by atoms with E-state index < -0.39 is 5.60 Å². The van der Waals surface area contributed by atoms with Crippen molar-refractivity contribution in [2.75, 3.05) is 6.61 Å². The Morgan fingerprint density at radius 1 is 1.64 bits per heavy atom. The van der Waals surface area contributed by atoms with E-state index in [1.54, 1.807) is 13.8 Å². The smallest absolute Gasteiger partial charge is 0.311 e. The number of carbonyl (C=O) groups excluding carboxylic acids is 1. The fourth-order valence-electron chi connectivity index (χ4n) is 0.721. The van der Waals surface area contributed by atoms with Crippen LogP contribution in [0.25, 0.3) is 0 Å². The largest absolute Gasteiger partial charge is 0.462 e. The lowest BCUT2D eigenvalue weighted by molar-refractivity contribution is -0.140. The Morgan fingerprint density at radius 3 is 2.18 bits per heavy atom. The summed E-state index contributed by atoms with van der Waals surface area (Å²) in [5, 5.41) is 9.29. The van der Waals surface area contributed by atoms with Gasteiger partial charge >= 0.3 is 5.97 Å². The Hall–Kier alpha value is -0.570. The van der Waals surface area contributed by atoms with Gasteiger partial charge in [0.05, 0.1) is 5.92 Å². The lowest BCUT2D eigenvalue weighted by Crippen LogP contribution is -2.32. The third kappa shape index (κ3) is 2.19. The van der Waals surface area contributed by atoms with E-state index in [4.69, 9.17) is 0 Å². The molecule has 11 heavy (non-hydrogen) atoms. The lowest BCUT2D eigenvalue weighted by Gasteiger charge is -2.15. The molecular formula is C8H16O3. The molecule has 0 aliphatic carbocycles. The van der Waals surface area contributed by atoms with Crippen molar-refractivity contribution in [3.63, 3.8) is 0 Å². The Kier molecular flexibility index (Phi) is 3.52. The first kappa shape index (κ1) is 10.4. The molecule has 66 valence electrons. The van der Waals surface area contributed by atoms with Gasteiger partial charge in [0, 0.05) is 0 Å². The van der Waals surface area contributed by atoms with Crippen LogP contribution < -0.4 is 0 Å². The molecule has 3 heteroatoms. The molecule has 0 aromatic carbocycles. The van der Waals surface area contributed by atoms with Gasteiger partial charge in [0.25, 0.3) is 0 Å². The summed E-state index contributed by atoms with van der Waals surface area (Å²) < 4.78 is 4.59. The maximum Gasteiger partial charge on any atom is 0.311 e. The fraction of sp³-hybridized carbons (Fsp3) is 0.875. The van der Waals surface area contributed by atoms with Crippen LogP contribution in [0.3, 0.4) is 0 Å². The van der Waals surface area contributed by atoms with Crippen LogP contribution in [0.5, 0.6) is 0 Å².